The van der Waals surface area contributed by atoms with Gasteiger partial charge in [0.2, 0.25) is 0 Å². The normalized spacial score (nSPS) is 35.1. The SMILES string of the molecule is [B]C1CCCCCC2C(C1)SC(=NCC)N2C(C)C. The first-order valence-corrected chi connectivity index (χ1v) is 8.76. The topological polar surface area (TPSA) is 15.6 Å². The maximum Gasteiger partial charge on any atom is 0.160 e. The molecule has 106 valence electrons. The smallest absolute Gasteiger partial charge is 0.160 e. The molecule has 0 spiro atoms. The second kappa shape index (κ2) is 7.05. The van der Waals surface area contributed by atoms with Crippen LogP contribution in [0, 0.1) is 0 Å². The molecule has 3 unspecified atom stereocenters. The summed E-state index contributed by atoms with van der Waals surface area (Å²) < 4.78 is 0. The lowest BCUT2D eigenvalue weighted by atomic mass is 9.79. The van der Waals surface area contributed by atoms with Crippen LogP contribution in [0.4, 0.5) is 0 Å². The third-order valence-corrected chi connectivity index (χ3v) is 5.58. The van der Waals surface area contributed by atoms with Crippen LogP contribution < -0.4 is 0 Å². The Hall–Kier alpha value is -0.115. The Bertz CT molecular complexity index is 319. The summed E-state index contributed by atoms with van der Waals surface area (Å²) in [6.07, 6.45) is 7.66. The van der Waals surface area contributed by atoms with Crippen molar-refractivity contribution in [3.63, 3.8) is 0 Å². The largest absolute Gasteiger partial charge is 0.345 e. The van der Waals surface area contributed by atoms with Gasteiger partial charge in [-0.3, -0.25) is 4.99 Å². The third kappa shape index (κ3) is 3.71. The lowest BCUT2D eigenvalue weighted by Gasteiger charge is -2.32. The Balaban J connectivity index is 2.18. The molecule has 4 heteroatoms. The second-order valence-corrected chi connectivity index (χ2v) is 7.32. The molecule has 19 heavy (non-hydrogen) atoms. The van der Waals surface area contributed by atoms with E-state index in [1.807, 2.05) is 11.8 Å². The summed E-state index contributed by atoms with van der Waals surface area (Å²) in [6.45, 7) is 7.60. The van der Waals surface area contributed by atoms with Crippen LogP contribution in [0.1, 0.15) is 59.3 Å². The molecule has 2 fully saturated rings. The van der Waals surface area contributed by atoms with Gasteiger partial charge in [-0.05, 0) is 33.6 Å². The van der Waals surface area contributed by atoms with Crippen LogP contribution in [0.3, 0.4) is 0 Å². The molecule has 0 amide bonds. The minimum atomic E-state index is 0.382. The molecule has 3 atom stereocenters. The monoisotopic (exact) mass is 278 g/mol. The van der Waals surface area contributed by atoms with E-state index < -0.39 is 0 Å². The number of hydrogen-bond donors (Lipinski definition) is 0. The average molecular weight is 278 g/mol. The van der Waals surface area contributed by atoms with E-state index in [2.05, 4.69) is 25.7 Å². The molecule has 2 rings (SSSR count). The number of amidine groups is 1. The van der Waals surface area contributed by atoms with Crippen molar-refractivity contribution in [2.75, 3.05) is 6.54 Å². The molecule has 2 radical (unpaired) electrons. The van der Waals surface area contributed by atoms with Crippen molar-refractivity contribution >= 4 is 24.8 Å². The minimum Gasteiger partial charge on any atom is -0.345 e. The summed E-state index contributed by atoms with van der Waals surface area (Å²) in [5.74, 6) is 0.382. The van der Waals surface area contributed by atoms with Gasteiger partial charge < -0.3 is 4.90 Å². The van der Waals surface area contributed by atoms with Crippen molar-refractivity contribution in [3.05, 3.63) is 0 Å². The summed E-state index contributed by atoms with van der Waals surface area (Å²) in [5.41, 5.74) is 0. The van der Waals surface area contributed by atoms with E-state index >= 15 is 0 Å². The van der Waals surface area contributed by atoms with Crippen LogP contribution in [0.25, 0.3) is 0 Å². The zero-order chi connectivity index (χ0) is 13.8. The number of thioether (sulfide) groups is 1. The van der Waals surface area contributed by atoms with Crippen molar-refractivity contribution in [1.82, 2.24) is 4.90 Å². The van der Waals surface area contributed by atoms with E-state index in [4.69, 9.17) is 12.8 Å². The lowest BCUT2D eigenvalue weighted by Crippen LogP contribution is -2.42. The van der Waals surface area contributed by atoms with Gasteiger partial charge >= 0.3 is 0 Å². The molecule has 2 aliphatic rings. The van der Waals surface area contributed by atoms with Gasteiger partial charge in [-0.15, -0.1) is 0 Å². The highest BCUT2D eigenvalue weighted by atomic mass is 32.2. The molecular formula is C15H27BN2S. The van der Waals surface area contributed by atoms with Crippen molar-refractivity contribution in [2.24, 2.45) is 4.99 Å². The molecule has 2 nitrogen and oxygen atoms in total. The Morgan fingerprint density at radius 2 is 2.05 bits per heavy atom. The van der Waals surface area contributed by atoms with Gasteiger partial charge in [0.1, 0.15) is 0 Å². The number of rotatable bonds is 2. The summed E-state index contributed by atoms with van der Waals surface area (Å²) in [4.78, 5) is 7.29. The lowest BCUT2D eigenvalue weighted by molar-refractivity contribution is 0.251. The van der Waals surface area contributed by atoms with E-state index in [-0.39, 0.29) is 0 Å². The van der Waals surface area contributed by atoms with Crippen LogP contribution in [-0.2, 0) is 0 Å². The highest BCUT2D eigenvalue weighted by molar-refractivity contribution is 8.14. The number of nitrogens with zero attached hydrogens (tertiary/aromatic N) is 2. The average Bonchev–Trinajstić information content (AvgIpc) is 2.69. The van der Waals surface area contributed by atoms with Crippen molar-refractivity contribution < 1.29 is 0 Å². The van der Waals surface area contributed by atoms with Gasteiger partial charge in [-0.1, -0.05) is 43.3 Å². The van der Waals surface area contributed by atoms with Gasteiger partial charge in [0.25, 0.3) is 0 Å². The van der Waals surface area contributed by atoms with Crippen LogP contribution in [0.2, 0.25) is 5.82 Å². The van der Waals surface area contributed by atoms with Crippen LogP contribution in [-0.4, -0.2) is 41.8 Å². The molecule has 1 saturated heterocycles. The molecule has 0 aromatic rings. The quantitative estimate of drug-likeness (QED) is 0.713. The van der Waals surface area contributed by atoms with Gasteiger partial charge in [0, 0.05) is 23.9 Å². The standard InChI is InChI=1S/C15H27BN2S/c1-4-17-15-18(11(2)3)13-9-7-5-6-8-12(16)10-14(13)19-15/h11-14H,4-10H2,1-3H3. The van der Waals surface area contributed by atoms with E-state index in [0.29, 0.717) is 23.2 Å². The fourth-order valence-corrected chi connectivity index (χ4v) is 5.05. The van der Waals surface area contributed by atoms with Crippen LogP contribution >= 0.6 is 11.8 Å². The highest BCUT2D eigenvalue weighted by Gasteiger charge is 2.40. The zero-order valence-corrected chi connectivity index (χ0v) is 13.5. The summed E-state index contributed by atoms with van der Waals surface area (Å²) in [7, 11) is 6.30. The highest BCUT2D eigenvalue weighted by Crippen LogP contribution is 2.41. The molecule has 0 aromatic heterocycles. The Morgan fingerprint density at radius 3 is 2.74 bits per heavy atom. The van der Waals surface area contributed by atoms with E-state index in [1.165, 1.54) is 37.3 Å². The summed E-state index contributed by atoms with van der Waals surface area (Å²) in [6, 6.07) is 1.20. The Kier molecular flexibility index (Phi) is 5.67. The molecule has 1 heterocycles. The first-order chi connectivity index (χ1) is 9.13. The van der Waals surface area contributed by atoms with Gasteiger partial charge in [-0.25, -0.2) is 0 Å². The number of hydrogen-bond acceptors (Lipinski definition) is 2. The molecular weight excluding hydrogens is 251 g/mol. The Labute approximate surface area is 124 Å². The molecule has 0 bridgehead atoms. The van der Waals surface area contributed by atoms with Crippen molar-refractivity contribution in [1.29, 1.82) is 0 Å². The van der Waals surface area contributed by atoms with Crippen LogP contribution in [0.15, 0.2) is 4.99 Å². The number of aliphatic imine (C=N–C) groups is 1. The fourth-order valence-electron chi connectivity index (χ4n) is 3.34. The third-order valence-electron chi connectivity index (χ3n) is 4.22. The Morgan fingerprint density at radius 1 is 1.32 bits per heavy atom. The summed E-state index contributed by atoms with van der Waals surface area (Å²) in [5, 5.41) is 1.92. The maximum atomic E-state index is 6.30. The second-order valence-electron chi connectivity index (χ2n) is 6.12. The van der Waals surface area contributed by atoms with E-state index in [0.717, 1.165) is 13.0 Å². The molecule has 1 aliphatic heterocycles. The van der Waals surface area contributed by atoms with Crippen LogP contribution in [0.5, 0.6) is 0 Å². The molecule has 1 aliphatic carbocycles. The zero-order valence-electron chi connectivity index (χ0n) is 12.6. The molecule has 1 saturated carbocycles. The fraction of sp³-hybridized carbons (Fsp3) is 0.933. The molecule has 0 aromatic carbocycles. The van der Waals surface area contributed by atoms with Crippen molar-refractivity contribution in [2.45, 2.75) is 82.4 Å². The summed E-state index contributed by atoms with van der Waals surface area (Å²) >= 11 is 1.99. The number of fused-ring (bicyclic) bond motifs is 1. The first kappa shape index (κ1) is 15.3. The molecule has 0 N–H and O–H groups in total. The van der Waals surface area contributed by atoms with Crippen molar-refractivity contribution in [3.8, 4) is 0 Å². The van der Waals surface area contributed by atoms with E-state index in [1.54, 1.807) is 0 Å². The predicted molar refractivity (Wildman–Crippen MR) is 87.3 cm³/mol. The first-order valence-electron chi connectivity index (χ1n) is 7.88. The minimum absolute atomic E-state index is 0.382. The maximum absolute atomic E-state index is 6.30. The van der Waals surface area contributed by atoms with Gasteiger partial charge in [0.15, 0.2) is 5.17 Å². The van der Waals surface area contributed by atoms with Gasteiger partial charge in [-0.2, -0.15) is 0 Å². The van der Waals surface area contributed by atoms with Gasteiger partial charge in [0.05, 0.1) is 7.85 Å². The van der Waals surface area contributed by atoms with E-state index in [9.17, 15) is 0 Å². The predicted octanol–water partition coefficient (Wildman–Crippen LogP) is 3.87.